The number of rotatable bonds is 2. The zero-order valence-corrected chi connectivity index (χ0v) is 7.49. The van der Waals surface area contributed by atoms with E-state index in [2.05, 4.69) is 10.2 Å². The maximum absolute atomic E-state index is 5.26. The van der Waals surface area contributed by atoms with E-state index < -0.39 is 0 Å². The van der Waals surface area contributed by atoms with Crippen LogP contribution in [0.2, 0.25) is 0 Å². The zero-order valence-electron chi connectivity index (χ0n) is 6.68. The second-order valence-electron chi connectivity index (χ2n) is 2.33. The quantitative estimate of drug-likeness (QED) is 0.790. The molecule has 2 heterocycles. The molecule has 66 valence electrons. The average molecular weight is 193 g/mol. The summed E-state index contributed by atoms with van der Waals surface area (Å²) in [4.78, 5) is 1.14. The van der Waals surface area contributed by atoms with Gasteiger partial charge in [-0.15, -0.1) is 16.4 Å². The molecule has 2 N–H and O–H groups in total. The molecule has 4 nitrogen and oxygen atoms in total. The summed E-state index contributed by atoms with van der Waals surface area (Å²) < 4.78 is 4.96. The van der Waals surface area contributed by atoms with Crippen molar-refractivity contribution in [2.45, 2.75) is 0 Å². The number of nitrogens with two attached hydrogens (primary N) is 1. The van der Waals surface area contributed by atoms with Crippen LogP contribution in [0.5, 0.6) is 0 Å². The first-order chi connectivity index (χ1) is 6.34. The number of aromatic nitrogens is 2. The van der Waals surface area contributed by atoms with Gasteiger partial charge in [-0.05, 0) is 17.5 Å². The van der Waals surface area contributed by atoms with Gasteiger partial charge in [-0.2, -0.15) is 0 Å². The van der Waals surface area contributed by atoms with Gasteiger partial charge in [0.25, 0.3) is 0 Å². The average Bonchev–Trinajstić information content (AvgIpc) is 2.71. The van der Waals surface area contributed by atoms with Gasteiger partial charge in [-0.3, -0.25) is 0 Å². The number of hydrogen-bond donors (Lipinski definition) is 1. The molecule has 2 aromatic rings. The molecule has 0 saturated carbocycles. The predicted octanol–water partition coefficient (Wildman–Crippen LogP) is 1.88. The molecule has 5 heteroatoms. The molecule has 0 fully saturated rings. The van der Waals surface area contributed by atoms with E-state index in [1.165, 1.54) is 0 Å². The third-order valence-electron chi connectivity index (χ3n) is 1.39. The summed E-state index contributed by atoms with van der Waals surface area (Å²) in [6.07, 6.45) is 3.63. The maximum atomic E-state index is 5.26. The van der Waals surface area contributed by atoms with Gasteiger partial charge in [0.05, 0.1) is 0 Å². The summed E-state index contributed by atoms with van der Waals surface area (Å²) in [6.45, 7) is 0. The highest BCUT2D eigenvalue weighted by atomic mass is 32.1. The molecule has 2 rings (SSSR count). The molecule has 0 saturated heterocycles. The Morgan fingerprint density at radius 1 is 1.38 bits per heavy atom. The first-order valence-electron chi connectivity index (χ1n) is 3.65. The Balaban J connectivity index is 2.14. The number of anilines is 1. The molecule has 0 aromatic carbocycles. The van der Waals surface area contributed by atoms with Crippen molar-refractivity contribution in [2.24, 2.45) is 0 Å². The molecular weight excluding hydrogens is 186 g/mol. The summed E-state index contributed by atoms with van der Waals surface area (Å²) in [6, 6.07) is 4.07. The van der Waals surface area contributed by atoms with Gasteiger partial charge in [-0.1, -0.05) is 11.2 Å². The highest BCUT2D eigenvalue weighted by Gasteiger charge is 1.96. The fraction of sp³-hybridized carbons (Fsp3) is 0. The number of nitrogens with zero attached hydrogens (tertiary/aromatic N) is 2. The highest BCUT2D eigenvalue weighted by molar-refractivity contribution is 7.10. The van der Waals surface area contributed by atoms with Gasteiger partial charge in [0.15, 0.2) is 0 Å². The van der Waals surface area contributed by atoms with Crippen LogP contribution >= 0.6 is 11.3 Å². The van der Waals surface area contributed by atoms with E-state index in [0.29, 0.717) is 5.89 Å². The fourth-order valence-corrected chi connectivity index (χ4v) is 1.47. The molecular formula is C8H7N3OS. The van der Waals surface area contributed by atoms with Crippen LogP contribution in [0.3, 0.4) is 0 Å². The topological polar surface area (TPSA) is 64.9 Å². The van der Waals surface area contributed by atoms with Crippen molar-refractivity contribution in [2.75, 3.05) is 5.73 Å². The second kappa shape index (κ2) is 3.40. The molecule has 0 atom stereocenters. The van der Waals surface area contributed by atoms with E-state index in [9.17, 15) is 0 Å². The first kappa shape index (κ1) is 8.00. The molecule has 0 aliphatic carbocycles. The molecule has 2 aromatic heterocycles. The standard InChI is InChI=1S/C8H7N3OS/c9-8-11-10-7(12-8)4-3-6-2-1-5-13-6/h1-5H,(H2,9,11)/b4-3+. The van der Waals surface area contributed by atoms with E-state index in [0.717, 1.165) is 4.88 Å². The van der Waals surface area contributed by atoms with Gasteiger partial charge in [-0.25, -0.2) is 0 Å². The molecule has 0 aliphatic heterocycles. The van der Waals surface area contributed by atoms with Crippen LogP contribution in [0.1, 0.15) is 10.8 Å². The van der Waals surface area contributed by atoms with Crippen LogP contribution in [0.15, 0.2) is 21.9 Å². The molecule has 13 heavy (non-hydrogen) atoms. The minimum absolute atomic E-state index is 0.0887. The van der Waals surface area contributed by atoms with Crippen molar-refractivity contribution in [3.05, 3.63) is 28.3 Å². The second-order valence-corrected chi connectivity index (χ2v) is 3.31. The molecule has 0 radical (unpaired) electrons. The van der Waals surface area contributed by atoms with Gasteiger partial charge in [0.1, 0.15) is 0 Å². The van der Waals surface area contributed by atoms with Crippen LogP contribution < -0.4 is 5.73 Å². The van der Waals surface area contributed by atoms with Gasteiger partial charge in [0.2, 0.25) is 5.89 Å². The first-order valence-corrected chi connectivity index (χ1v) is 4.53. The summed E-state index contributed by atoms with van der Waals surface area (Å²) in [7, 11) is 0. The van der Waals surface area contributed by atoms with Crippen molar-refractivity contribution in [3.8, 4) is 0 Å². The summed E-state index contributed by atoms with van der Waals surface area (Å²) in [5.41, 5.74) is 5.26. The normalized spacial score (nSPS) is 11.1. The zero-order chi connectivity index (χ0) is 9.10. The van der Waals surface area contributed by atoms with E-state index in [-0.39, 0.29) is 6.01 Å². The Labute approximate surface area is 78.7 Å². The van der Waals surface area contributed by atoms with Crippen molar-refractivity contribution >= 4 is 29.5 Å². The van der Waals surface area contributed by atoms with E-state index in [1.54, 1.807) is 17.4 Å². The van der Waals surface area contributed by atoms with Crippen molar-refractivity contribution < 1.29 is 4.42 Å². The fourth-order valence-electron chi connectivity index (χ4n) is 0.853. The third kappa shape index (κ3) is 1.94. The highest BCUT2D eigenvalue weighted by Crippen LogP contribution is 2.12. The Morgan fingerprint density at radius 3 is 2.92 bits per heavy atom. The predicted molar refractivity (Wildman–Crippen MR) is 52.0 cm³/mol. The number of thiophene rings is 1. The van der Waals surface area contributed by atoms with Gasteiger partial charge >= 0.3 is 6.01 Å². The minimum Gasteiger partial charge on any atom is -0.404 e. The van der Waals surface area contributed by atoms with Crippen LogP contribution in [-0.4, -0.2) is 10.2 Å². The lowest BCUT2D eigenvalue weighted by atomic mass is 10.4. The SMILES string of the molecule is Nc1nnc(/C=C/c2cccs2)o1. The van der Waals surface area contributed by atoms with Gasteiger partial charge in [0, 0.05) is 11.0 Å². The van der Waals surface area contributed by atoms with Crippen LogP contribution in [0.4, 0.5) is 6.01 Å². The van der Waals surface area contributed by atoms with Crippen molar-refractivity contribution in [3.63, 3.8) is 0 Å². The number of hydrogen-bond acceptors (Lipinski definition) is 5. The van der Waals surface area contributed by atoms with Gasteiger partial charge < -0.3 is 10.2 Å². The Kier molecular flexibility index (Phi) is 2.09. The molecule has 0 amide bonds. The smallest absolute Gasteiger partial charge is 0.313 e. The number of nitrogen functional groups attached to an aromatic ring is 1. The molecule has 0 aliphatic rings. The van der Waals surface area contributed by atoms with Crippen LogP contribution in [0, 0.1) is 0 Å². The Morgan fingerprint density at radius 2 is 2.31 bits per heavy atom. The minimum atomic E-state index is 0.0887. The lowest BCUT2D eigenvalue weighted by Crippen LogP contribution is -1.81. The molecule has 0 unspecified atom stereocenters. The van der Waals surface area contributed by atoms with Crippen LogP contribution in [-0.2, 0) is 0 Å². The Hall–Kier alpha value is -1.62. The van der Waals surface area contributed by atoms with E-state index in [1.807, 2.05) is 23.6 Å². The Bertz CT molecular complexity index is 405. The largest absolute Gasteiger partial charge is 0.404 e. The lowest BCUT2D eigenvalue weighted by molar-refractivity contribution is 0.563. The summed E-state index contributed by atoms with van der Waals surface area (Å²) in [5, 5.41) is 9.22. The monoisotopic (exact) mass is 193 g/mol. The summed E-state index contributed by atoms with van der Waals surface area (Å²) in [5.74, 6) is 0.422. The third-order valence-corrected chi connectivity index (χ3v) is 2.23. The van der Waals surface area contributed by atoms with Crippen LogP contribution in [0.25, 0.3) is 12.2 Å². The van der Waals surface area contributed by atoms with E-state index in [4.69, 9.17) is 10.2 Å². The summed E-state index contributed by atoms with van der Waals surface area (Å²) >= 11 is 1.64. The molecule has 0 spiro atoms. The van der Waals surface area contributed by atoms with Crippen molar-refractivity contribution in [1.82, 2.24) is 10.2 Å². The maximum Gasteiger partial charge on any atom is 0.313 e. The van der Waals surface area contributed by atoms with Crippen molar-refractivity contribution in [1.29, 1.82) is 0 Å². The lowest BCUT2D eigenvalue weighted by Gasteiger charge is -1.80. The molecule has 0 bridgehead atoms. The van der Waals surface area contributed by atoms with E-state index >= 15 is 0 Å².